The topological polar surface area (TPSA) is 21.3 Å². The van der Waals surface area contributed by atoms with Gasteiger partial charge in [0.2, 0.25) is 0 Å². The van der Waals surface area contributed by atoms with Crippen molar-refractivity contribution in [2.75, 3.05) is 13.7 Å². The highest BCUT2D eigenvalue weighted by atomic mass is 35.5. The number of ether oxygens (including phenoxy) is 1. The Balaban J connectivity index is 1.93. The normalized spacial score (nSPS) is 16.8. The van der Waals surface area contributed by atoms with E-state index in [1.54, 1.807) is 7.11 Å². The van der Waals surface area contributed by atoms with Crippen LogP contribution in [0.2, 0.25) is 5.02 Å². The Morgan fingerprint density at radius 3 is 2.67 bits per heavy atom. The predicted molar refractivity (Wildman–Crippen MR) is 88.2 cm³/mol. The van der Waals surface area contributed by atoms with Crippen molar-refractivity contribution in [1.82, 2.24) is 5.32 Å². The summed E-state index contributed by atoms with van der Waals surface area (Å²) in [6.07, 6.45) is 2.33. The van der Waals surface area contributed by atoms with Crippen LogP contribution < -0.4 is 10.1 Å². The molecule has 0 radical (unpaired) electrons. The van der Waals surface area contributed by atoms with Gasteiger partial charge in [-0.3, -0.25) is 0 Å². The third-order valence-corrected chi connectivity index (χ3v) is 4.45. The second-order valence-corrected chi connectivity index (χ2v) is 5.82. The van der Waals surface area contributed by atoms with Crippen LogP contribution >= 0.6 is 11.6 Å². The van der Waals surface area contributed by atoms with Crippen molar-refractivity contribution in [3.8, 4) is 16.9 Å². The van der Waals surface area contributed by atoms with E-state index < -0.39 is 0 Å². The summed E-state index contributed by atoms with van der Waals surface area (Å²) in [5.41, 5.74) is 5.25. The van der Waals surface area contributed by atoms with Crippen LogP contribution in [0, 0.1) is 0 Å². The Bertz CT molecular complexity index is 654. The minimum Gasteiger partial charge on any atom is -0.495 e. The molecule has 0 bridgehead atoms. The van der Waals surface area contributed by atoms with E-state index in [4.69, 9.17) is 16.3 Å². The Kier molecular flexibility index (Phi) is 4.18. The van der Waals surface area contributed by atoms with Gasteiger partial charge in [-0.15, -0.1) is 0 Å². The van der Waals surface area contributed by atoms with Gasteiger partial charge in [-0.05, 0) is 53.8 Å². The fourth-order valence-corrected chi connectivity index (χ4v) is 3.36. The van der Waals surface area contributed by atoms with Gasteiger partial charge in [0.15, 0.2) is 0 Å². The molecule has 0 aliphatic heterocycles. The van der Waals surface area contributed by atoms with Crippen molar-refractivity contribution in [2.24, 2.45) is 0 Å². The van der Waals surface area contributed by atoms with Crippen LogP contribution in [0.25, 0.3) is 11.1 Å². The van der Waals surface area contributed by atoms with Gasteiger partial charge in [-0.1, -0.05) is 42.8 Å². The first kappa shape index (κ1) is 14.4. The highest BCUT2D eigenvalue weighted by Gasteiger charge is 2.21. The Morgan fingerprint density at radius 2 is 1.95 bits per heavy atom. The molecule has 1 atom stereocenters. The fraction of sp³-hybridized carbons (Fsp3) is 0.333. The summed E-state index contributed by atoms with van der Waals surface area (Å²) < 4.78 is 5.21. The van der Waals surface area contributed by atoms with Crippen LogP contribution in [0.1, 0.15) is 30.5 Å². The molecule has 21 heavy (non-hydrogen) atoms. The van der Waals surface area contributed by atoms with Crippen LogP contribution in [0.15, 0.2) is 36.4 Å². The van der Waals surface area contributed by atoms with E-state index in [-0.39, 0.29) is 0 Å². The maximum absolute atomic E-state index is 6.23. The maximum atomic E-state index is 6.23. The number of nitrogens with one attached hydrogen (secondary N) is 1. The van der Waals surface area contributed by atoms with Gasteiger partial charge in [0.25, 0.3) is 0 Å². The number of halogens is 1. The second-order valence-electron chi connectivity index (χ2n) is 5.41. The quantitative estimate of drug-likeness (QED) is 0.890. The van der Waals surface area contributed by atoms with Crippen molar-refractivity contribution >= 4 is 11.6 Å². The van der Waals surface area contributed by atoms with Crippen molar-refractivity contribution in [2.45, 2.75) is 25.8 Å². The van der Waals surface area contributed by atoms with E-state index in [9.17, 15) is 0 Å². The van der Waals surface area contributed by atoms with Gasteiger partial charge in [0.1, 0.15) is 5.75 Å². The first-order valence-electron chi connectivity index (χ1n) is 7.43. The summed E-state index contributed by atoms with van der Waals surface area (Å²) in [6, 6.07) is 13.2. The zero-order valence-electron chi connectivity index (χ0n) is 12.4. The van der Waals surface area contributed by atoms with Crippen LogP contribution in [0.3, 0.4) is 0 Å². The molecule has 1 aliphatic carbocycles. The number of hydrogen-bond acceptors (Lipinski definition) is 2. The van der Waals surface area contributed by atoms with Crippen molar-refractivity contribution in [3.63, 3.8) is 0 Å². The second kappa shape index (κ2) is 6.08. The molecule has 0 heterocycles. The number of rotatable bonds is 4. The monoisotopic (exact) mass is 301 g/mol. The van der Waals surface area contributed by atoms with Crippen LogP contribution in [0.5, 0.6) is 5.75 Å². The molecule has 1 aliphatic rings. The lowest BCUT2D eigenvalue weighted by molar-refractivity contribution is 0.415. The Morgan fingerprint density at radius 1 is 1.19 bits per heavy atom. The first-order chi connectivity index (χ1) is 10.2. The molecule has 0 aromatic heterocycles. The minimum atomic E-state index is 0.513. The molecule has 3 rings (SSSR count). The molecule has 0 saturated heterocycles. The largest absolute Gasteiger partial charge is 0.495 e. The van der Waals surface area contributed by atoms with Crippen molar-refractivity contribution < 1.29 is 4.74 Å². The maximum Gasteiger partial charge on any atom is 0.137 e. The highest BCUT2D eigenvalue weighted by Crippen LogP contribution is 2.36. The summed E-state index contributed by atoms with van der Waals surface area (Å²) in [5.74, 6) is 0.716. The summed E-state index contributed by atoms with van der Waals surface area (Å²) in [5, 5.41) is 4.20. The van der Waals surface area contributed by atoms with E-state index in [0.29, 0.717) is 16.8 Å². The molecule has 2 aromatic rings. The van der Waals surface area contributed by atoms with Gasteiger partial charge in [0.05, 0.1) is 12.1 Å². The lowest BCUT2D eigenvalue weighted by Gasteiger charge is -2.13. The average molecular weight is 302 g/mol. The molecule has 0 amide bonds. The summed E-state index contributed by atoms with van der Waals surface area (Å²) in [4.78, 5) is 0. The Hall–Kier alpha value is -1.51. The van der Waals surface area contributed by atoms with Gasteiger partial charge in [-0.25, -0.2) is 0 Å². The van der Waals surface area contributed by atoms with Crippen molar-refractivity contribution in [3.05, 3.63) is 52.5 Å². The first-order valence-corrected chi connectivity index (χ1v) is 7.81. The number of benzene rings is 2. The average Bonchev–Trinajstić information content (AvgIpc) is 2.90. The Labute approximate surface area is 131 Å². The fourth-order valence-electron chi connectivity index (χ4n) is 3.10. The SMILES string of the molecule is CCNC1CCc2cc(-c3ccc(OC)c(Cl)c3)ccc21. The van der Waals surface area contributed by atoms with Crippen LogP contribution in [-0.2, 0) is 6.42 Å². The zero-order chi connectivity index (χ0) is 14.8. The molecular formula is C18H20ClNO. The van der Waals surface area contributed by atoms with E-state index >= 15 is 0 Å². The van der Waals surface area contributed by atoms with Gasteiger partial charge >= 0.3 is 0 Å². The number of fused-ring (bicyclic) bond motifs is 1. The summed E-state index contributed by atoms with van der Waals surface area (Å²) in [6.45, 7) is 3.17. The molecule has 2 aromatic carbocycles. The van der Waals surface area contributed by atoms with Crippen LogP contribution in [0.4, 0.5) is 0 Å². The van der Waals surface area contributed by atoms with Gasteiger partial charge in [0, 0.05) is 6.04 Å². The third kappa shape index (κ3) is 2.78. The van der Waals surface area contributed by atoms with Gasteiger partial charge < -0.3 is 10.1 Å². The molecule has 0 fully saturated rings. The lowest BCUT2D eigenvalue weighted by atomic mass is 9.99. The van der Waals surface area contributed by atoms with Gasteiger partial charge in [-0.2, -0.15) is 0 Å². The summed E-state index contributed by atoms with van der Waals surface area (Å²) >= 11 is 6.23. The number of hydrogen-bond donors (Lipinski definition) is 1. The molecule has 2 nitrogen and oxygen atoms in total. The van der Waals surface area contributed by atoms with E-state index in [2.05, 4.69) is 36.5 Å². The molecule has 3 heteroatoms. The van der Waals surface area contributed by atoms with E-state index in [1.165, 1.54) is 23.1 Å². The molecule has 110 valence electrons. The number of methoxy groups -OCH3 is 1. The third-order valence-electron chi connectivity index (χ3n) is 4.16. The molecule has 1 N–H and O–H groups in total. The lowest BCUT2D eigenvalue weighted by Crippen LogP contribution is -2.18. The number of aryl methyl sites for hydroxylation is 1. The molecule has 1 unspecified atom stereocenters. The summed E-state index contributed by atoms with van der Waals surface area (Å²) in [7, 11) is 1.64. The van der Waals surface area contributed by atoms with Crippen molar-refractivity contribution in [1.29, 1.82) is 0 Å². The molecule has 0 spiro atoms. The standard InChI is InChI=1S/C18H20ClNO/c1-3-20-17-8-5-14-10-12(4-7-15(14)17)13-6-9-18(21-2)16(19)11-13/h4,6-7,9-11,17,20H,3,5,8H2,1-2H3. The van der Waals surface area contributed by atoms with Crippen LogP contribution in [-0.4, -0.2) is 13.7 Å². The zero-order valence-corrected chi connectivity index (χ0v) is 13.2. The molecular weight excluding hydrogens is 282 g/mol. The van der Waals surface area contributed by atoms with E-state index in [0.717, 1.165) is 18.5 Å². The molecule has 0 saturated carbocycles. The predicted octanol–water partition coefficient (Wildman–Crippen LogP) is 4.61. The van der Waals surface area contributed by atoms with E-state index in [1.807, 2.05) is 12.1 Å². The highest BCUT2D eigenvalue weighted by molar-refractivity contribution is 6.32. The smallest absolute Gasteiger partial charge is 0.137 e. The minimum absolute atomic E-state index is 0.513.